The Kier molecular flexibility index (Phi) is 3.17. The average Bonchev–Trinajstić information content (AvgIpc) is 2.48. The molecular formula is C17H14N2O. The van der Waals surface area contributed by atoms with E-state index in [1.807, 2.05) is 67.6 Å². The second-order valence-electron chi connectivity index (χ2n) is 4.60. The van der Waals surface area contributed by atoms with Gasteiger partial charge in [-0.25, -0.2) is 0 Å². The maximum Gasteiger partial charge on any atom is 0.264 e. The smallest absolute Gasteiger partial charge is 0.264 e. The first-order chi connectivity index (χ1) is 9.75. The number of nitrogens with zero attached hydrogens (tertiary/aromatic N) is 2. The van der Waals surface area contributed by atoms with Gasteiger partial charge in [-0.2, -0.15) is 0 Å². The van der Waals surface area contributed by atoms with E-state index in [0.29, 0.717) is 11.3 Å². The lowest BCUT2D eigenvalue weighted by molar-refractivity contribution is 0.989. The van der Waals surface area contributed by atoms with Gasteiger partial charge in [0, 0.05) is 17.6 Å². The van der Waals surface area contributed by atoms with E-state index in [1.54, 1.807) is 10.8 Å². The van der Waals surface area contributed by atoms with Gasteiger partial charge in [0.15, 0.2) is 0 Å². The summed E-state index contributed by atoms with van der Waals surface area (Å²) in [6, 6.07) is 19.0. The Morgan fingerprint density at radius 1 is 0.900 bits per heavy atom. The molecular weight excluding hydrogens is 248 g/mol. The van der Waals surface area contributed by atoms with Crippen molar-refractivity contribution in [3.63, 3.8) is 0 Å². The minimum absolute atomic E-state index is 0.0585. The zero-order valence-corrected chi connectivity index (χ0v) is 11.2. The molecule has 0 fully saturated rings. The van der Waals surface area contributed by atoms with Crippen LogP contribution in [0.25, 0.3) is 16.9 Å². The standard InChI is InChI=1S/C17H14N2O/c1-13-7-5-11-16(18-13)15-10-6-12-19(17(15)20)14-8-3-2-4-9-14/h2-12H,1H3. The van der Waals surface area contributed by atoms with Crippen LogP contribution in [0.5, 0.6) is 0 Å². The first-order valence-corrected chi connectivity index (χ1v) is 6.47. The molecule has 3 heteroatoms. The summed E-state index contributed by atoms with van der Waals surface area (Å²) in [6.45, 7) is 1.92. The molecule has 0 aliphatic rings. The van der Waals surface area contributed by atoms with Crippen molar-refractivity contribution in [3.05, 3.63) is 82.9 Å². The topological polar surface area (TPSA) is 34.9 Å². The molecule has 0 aliphatic heterocycles. The Labute approximate surface area is 117 Å². The van der Waals surface area contributed by atoms with Crippen molar-refractivity contribution in [2.45, 2.75) is 6.92 Å². The third-order valence-corrected chi connectivity index (χ3v) is 3.15. The first kappa shape index (κ1) is 12.4. The van der Waals surface area contributed by atoms with Crippen molar-refractivity contribution in [1.29, 1.82) is 0 Å². The number of aryl methyl sites for hydroxylation is 1. The van der Waals surface area contributed by atoms with Crippen LogP contribution in [0.3, 0.4) is 0 Å². The number of benzene rings is 1. The van der Waals surface area contributed by atoms with Crippen LogP contribution in [0, 0.1) is 6.92 Å². The quantitative estimate of drug-likeness (QED) is 0.710. The van der Waals surface area contributed by atoms with Crippen molar-refractivity contribution in [1.82, 2.24) is 9.55 Å². The molecule has 3 rings (SSSR count). The highest BCUT2D eigenvalue weighted by molar-refractivity contribution is 5.58. The third kappa shape index (κ3) is 2.26. The van der Waals surface area contributed by atoms with Crippen molar-refractivity contribution in [2.75, 3.05) is 0 Å². The van der Waals surface area contributed by atoms with Crippen LogP contribution in [0.1, 0.15) is 5.69 Å². The summed E-state index contributed by atoms with van der Waals surface area (Å²) < 4.78 is 1.64. The predicted molar refractivity (Wildman–Crippen MR) is 80.0 cm³/mol. The van der Waals surface area contributed by atoms with Gasteiger partial charge in [0.2, 0.25) is 0 Å². The zero-order valence-electron chi connectivity index (χ0n) is 11.2. The van der Waals surface area contributed by atoms with Gasteiger partial charge < -0.3 is 0 Å². The number of hydrogen-bond donors (Lipinski definition) is 0. The lowest BCUT2D eigenvalue weighted by Gasteiger charge is -2.08. The minimum Gasteiger partial charge on any atom is -0.284 e. The number of para-hydroxylation sites is 1. The van der Waals surface area contributed by atoms with Gasteiger partial charge >= 0.3 is 0 Å². The molecule has 2 heterocycles. The molecule has 2 aromatic heterocycles. The monoisotopic (exact) mass is 262 g/mol. The summed E-state index contributed by atoms with van der Waals surface area (Å²) in [5.41, 5.74) is 3.01. The Morgan fingerprint density at radius 3 is 2.45 bits per heavy atom. The second-order valence-corrected chi connectivity index (χ2v) is 4.60. The van der Waals surface area contributed by atoms with Crippen molar-refractivity contribution in [3.8, 4) is 16.9 Å². The van der Waals surface area contributed by atoms with Crippen LogP contribution in [0.15, 0.2) is 71.7 Å². The van der Waals surface area contributed by atoms with Crippen LogP contribution < -0.4 is 5.56 Å². The normalized spacial score (nSPS) is 10.4. The lowest BCUT2D eigenvalue weighted by Crippen LogP contribution is -2.19. The number of rotatable bonds is 2. The van der Waals surface area contributed by atoms with Crippen LogP contribution in [0.4, 0.5) is 0 Å². The van der Waals surface area contributed by atoms with E-state index in [-0.39, 0.29) is 5.56 Å². The maximum absolute atomic E-state index is 12.6. The van der Waals surface area contributed by atoms with E-state index in [2.05, 4.69) is 4.98 Å². The SMILES string of the molecule is Cc1cccc(-c2cccn(-c3ccccc3)c2=O)n1. The van der Waals surface area contributed by atoms with Crippen molar-refractivity contribution >= 4 is 0 Å². The van der Waals surface area contributed by atoms with E-state index in [1.165, 1.54) is 0 Å². The number of pyridine rings is 2. The molecule has 0 aliphatic carbocycles. The molecule has 3 nitrogen and oxygen atoms in total. The van der Waals surface area contributed by atoms with Gasteiger partial charge in [0.25, 0.3) is 5.56 Å². The summed E-state index contributed by atoms with van der Waals surface area (Å²) in [7, 11) is 0. The summed E-state index contributed by atoms with van der Waals surface area (Å²) in [5.74, 6) is 0. The van der Waals surface area contributed by atoms with Crippen LogP contribution in [-0.4, -0.2) is 9.55 Å². The molecule has 20 heavy (non-hydrogen) atoms. The fourth-order valence-electron chi connectivity index (χ4n) is 2.17. The van der Waals surface area contributed by atoms with Crippen LogP contribution >= 0.6 is 0 Å². The number of hydrogen-bond acceptors (Lipinski definition) is 2. The molecule has 0 N–H and O–H groups in total. The molecule has 0 bridgehead atoms. The lowest BCUT2D eigenvalue weighted by atomic mass is 10.1. The highest BCUT2D eigenvalue weighted by Gasteiger charge is 2.08. The number of aromatic nitrogens is 2. The minimum atomic E-state index is -0.0585. The molecule has 0 amide bonds. The van der Waals surface area contributed by atoms with Gasteiger partial charge in [0.1, 0.15) is 0 Å². The highest BCUT2D eigenvalue weighted by Crippen LogP contribution is 2.14. The van der Waals surface area contributed by atoms with Gasteiger partial charge in [-0.15, -0.1) is 0 Å². The van der Waals surface area contributed by atoms with Gasteiger partial charge in [-0.3, -0.25) is 14.3 Å². The fraction of sp³-hybridized carbons (Fsp3) is 0.0588. The summed E-state index contributed by atoms with van der Waals surface area (Å²) in [4.78, 5) is 17.0. The highest BCUT2D eigenvalue weighted by atomic mass is 16.1. The van der Waals surface area contributed by atoms with Gasteiger partial charge in [0.05, 0.1) is 11.3 Å². The van der Waals surface area contributed by atoms with E-state index in [4.69, 9.17) is 0 Å². The van der Waals surface area contributed by atoms with Crippen LogP contribution in [-0.2, 0) is 0 Å². The molecule has 1 aromatic carbocycles. The molecule has 0 saturated carbocycles. The second kappa shape index (κ2) is 5.13. The first-order valence-electron chi connectivity index (χ1n) is 6.47. The molecule has 0 spiro atoms. The van der Waals surface area contributed by atoms with E-state index in [0.717, 1.165) is 11.4 Å². The Balaban J connectivity index is 2.18. The maximum atomic E-state index is 12.6. The summed E-state index contributed by atoms with van der Waals surface area (Å²) in [6.07, 6.45) is 1.77. The fourth-order valence-corrected chi connectivity index (χ4v) is 2.17. The van der Waals surface area contributed by atoms with Gasteiger partial charge in [-0.05, 0) is 43.3 Å². The van der Waals surface area contributed by atoms with Crippen molar-refractivity contribution in [2.24, 2.45) is 0 Å². The zero-order chi connectivity index (χ0) is 13.9. The molecule has 3 aromatic rings. The Hall–Kier alpha value is -2.68. The van der Waals surface area contributed by atoms with E-state index >= 15 is 0 Å². The summed E-state index contributed by atoms with van der Waals surface area (Å²) >= 11 is 0. The van der Waals surface area contributed by atoms with E-state index < -0.39 is 0 Å². The largest absolute Gasteiger partial charge is 0.284 e. The summed E-state index contributed by atoms with van der Waals surface area (Å²) in [5, 5.41) is 0. The van der Waals surface area contributed by atoms with Crippen molar-refractivity contribution < 1.29 is 0 Å². The molecule has 0 radical (unpaired) electrons. The van der Waals surface area contributed by atoms with Gasteiger partial charge in [-0.1, -0.05) is 24.3 Å². The molecule has 0 unspecified atom stereocenters. The van der Waals surface area contributed by atoms with E-state index in [9.17, 15) is 4.79 Å². The molecule has 98 valence electrons. The third-order valence-electron chi connectivity index (χ3n) is 3.15. The predicted octanol–water partition coefficient (Wildman–Crippen LogP) is 3.21. The Bertz CT molecular complexity index is 791. The molecule has 0 atom stereocenters. The van der Waals surface area contributed by atoms with Crippen LogP contribution in [0.2, 0.25) is 0 Å². The average molecular weight is 262 g/mol. The Morgan fingerprint density at radius 2 is 1.70 bits per heavy atom. The molecule has 0 saturated heterocycles.